The van der Waals surface area contributed by atoms with E-state index in [4.69, 9.17) is 9.47 Å². The number of benzene rings is 3. The summed E-state index contributed by atoms with van der Waals surface area (Å²) in [6.45, 7) is 1.71. The summed E-state index contributed by atoms with van der Waals surface area (Å²) in [5.74, 6) is 0.413. The number of para-hydroxylation sites is 2. The van der Waals surface area contributed by atoms with Crippen LogP contribution in [0.3, 0.4) is 0 Å². The Labute approximate surface area is 203 Å². The Morgan fingerprint density at radius 2 is 1.80 bits per heavy atom. The van der Waals surface area contributed by atoms with Crippen LogP contribution in [0.5, 0.6) is 5.75 Å². The van der Waals surface area contributed by atoms with Gasteiger partial charge in [0.05, 0.1) is 28.2 Å². The Morgan fingerprint density at radius 1 is 1.06 bits per heavy atom. The Hall–Kier alpha value is -4.05. The maximum absolute atomic E-state index is 13.2. The summed E-state index contributed by atoms with van der Waals surface area (Å²) in [5.41, 5.74) is 3.53. The molecule has 0 unspecified atom stereocenters. The Balaban J connectivity index is 1.62. The second-order valence-electron chi connectivity index (χ2n) is 7.90. The third kappa shape index (κ3) is 5.55. The van der Waals surface area contributed by atoms with Gasteiger partial charge in [-0.2, -0.15) is 0 Å². The lowest BCUT2D eigenvalue weighted by Crippen LogP contribution is -2.15. The van der Waals surface area contributed by atoms with E-state index in [1.54, 1.807) is 13.0 Å². The van der Waals surface area contributed by atoms with E-state index in [1.807, 2.05) is 55.4 Å². The first-order chi connectivity index (χ1) is 16.8. The van der Waals surface area contributed by atoms with E-state index in [1.165, 1.54) is 24.3 Å². The minimum atomic E-state index is -3.92. The van der Waals surface area contributed by atoms with Gasteiger partial charge in [0.1, 0.15) is 11.6 Å². The molecular formula is C25H26N4O5S. The van der Waals surface area contributed by atoms with Gasteiger partial charge in [0.25, 0.3) is 10.0 Å². The monoisotopic (exact) mass is 494 g/mol. The van der Waals surface area contributed by atoms with Crippen molar-refractivity contribution in [2.24, 2.45) is 0 Å². The molecule has 1 aromatic heterocycles. The summed E-state index contributed by atoms with van der Waals surface area (Å²) < 4.78 is 39.2. The second-order valence-corrected chi connectivity index (χ2v) is 9.58. The molecule has 4 rings (SSSR count). The molecule has 1 heterocycles. The van der Waals surface area contributed by atoms with E-state index in [0.29, 0.717) is 22.8 Å². The molecule has 35 heavy (non-hydrogen) atoms. The average Bonchev–Trinajstić information content (AvgIpc) is 3.27. The predicted octanol–water partition coefficient (Wildman–Crippen LogP) is 4.04. The standard InChI is InChI=1S/C25H26N4O5S/c1-4-33-24(30)16-34-18-10-12-19(13-11-18)35(31,32)28-21-14-9-17(29(2)3)15-20(21)25-26-22-7-5-6-8-23(22)27-25/h5-15,28H,4,16H2,1-3H3,(H,26,27). The fourth-order valence-electron chi connectivity index (χ4n) is 3.44. The summed E-state index contributed by atoms with van der Waals surface area (Å²) in [7, 11) is -0.0963. The van der Waals surface area contributed by atoms with Crippen molar-refractivity contribution >= 4 is 38.4 Å². The number of H-pyrrole nitrogens is 1. The Bertz CT molecular complexity index is 1410. The number of hydrogen-bond donors (Lipinski definition) is 2. The summed E-state index contributed by atoms with van der Waals surface area (Å²) in [5, 5.41) is 0. The molecule has 3 aromatic carbocycles. The van der Waals surface area contributed by atoms with Crippen LogP contribution in [-0.2, 0) is 19.6 Å². The van der Waals surface area contributed by atoms with Crippen molar-refractivity contribution in [2.45, 2.75) is 11.8 Å². The van der Waals surface area contributed by atoms with Gasteiger partial charge in [-0.15, -0.1) is 0 Å². The lowest BCUT2D eigenvalue weighted by atomic mass is 10.1. The van der Waals surface area contributed by atoms with Gasteiger partial charge >= 0.3 is 5.97 Å². The number of carbonyl (C=O) groups excluding carboxylic acids is 1. The number of aromatic nitrogens is 2. The van der Waals surface area contributed by atoms with Crippen LogP contribution in [0, 0.1) is 0 Å². The second kappa shape index (κ2) is 10.1. The van der Waals surface area contributed by atoms with E-state index < -0.39 is 16.0 Å². The third-order valence-corrected chi connectivity index (χ3v) is 6.59. The Morgan fingerprint density at radius 3 is 2.49 bits per heavy atom. The number of nitrogens with zero attached hydrogens (tertiary/aromatic N) is 2. The first-order valence-corrected chi connectivity index (χ1v) is 12.4. The van der Waals surface area contributed by atoms with E-state index in [9.17, 15) is 13.2 Å². The van der Waals surface area contributed by atoms with Crippen LogP contribution in [0.25, 0.3) is 22.4 Å². The number of ether oxygens (including phenoxy) is 2. The maximum atomic E-state index is 13.2. The number of nitrogens with one attached hydrogen (secondary N) is 2. The number of carbonyl (C=O) groups is 1. The molecule has 0 bridgehead atoms. The van der Waals surface area contributed by atoms with Crippen molar-refractivity contribution in [3.63, 3.8) is 0 Å². The van der Waals surface area contributed by atoms with Gasteiger partial charge in [-0.3, -0.25) is 4.72 Å². The van der Waals surface area contributed by atoms with Crippen molar-refractivity contribution in [2.75, 3.05) is 36.9 Å². The molecule has 0 fully saturated rings. The lowest BCUT2D eigenvalue weighted by Gasteiger charge is -2.17. The van der Waals surface area contributed by atoms with Gasteiger partial charge in [-0.25, -0.2) is 18.2 Å². The molecule has 4 aromatic rings. The minimum Gasteiger partial charge on any atom is -0.482 e. The van der Waals surface area contributed by atoms with E-state index >= 15 is 0 Å². The minimum absolute atomic E-state index is 0.0493. The fourth-order valence-corrected chi connectivity index (χ4v) is 4.52. The highest BCUT2D eigenvalue weighted by Gasteiger charge is 2.19. The van der Waals surface area contributed by atoms with Gasteiger partial charge in [0.15, 0.2) is 6.61 Å². The first-order valence-electron chi connectivity index (χ1n) is 10.9. The van der Waals surface area contributed by atoms with Crippen molar-refractivity contribution < 1.29 is 22.7 Å². The number of esters is 1. The predicted molar refractivity (Wildman–Crippen MR) is 135 cm³/mol. The molecular weight excluding hydrogens is 468 g/mol. The zero-order valence-electron chi connectivity index (χ0n) is 19.6. The van der Waals surface area contributed by atoms with Crippen LogP contribution < -0.4 is 14.4 Å². The molecule has 0 aliphatic carbocycles. The van der Waals surface area contributed by atoms with Gasteiger partial charge in [0.2, 0.25) is 0 Å². The molecule has 0 saturated heterocycles. The van der Waals surface area contributed by atoms with Gasteiger partial charge in [0, 0.05) is 25.3 Å². The maximum Gasteiger partial charge on any atom is 0.344 e. The zero-order chi connectivity index (χ0) is 25.0. The van der Waals surface area contributed by atoms with Crippen LogP contribution in [0.4, 0.5) is 11.4 Å². The van der Waals surface area contributed by atoms with Crippen molar-refractivity contribution in [3.8, 4) is 17.1 Å². The quantitative estimate of drug-likeness (QED) is 0.338. The molecule has 0 aliphatic heterocycles. The highest BCUT2D eigenvalue weighted by molar-refractivity contribution is 7.92. The normalized spacial score (nSPS) is 11.3. The number of hydrogen-bond acceptors (Lipinski definition) is 7. The van der Waals surface area contributed by atoms with Crippen LogP contribution in [-0.4, -0.2) is 51.7 Å². The van der Waals surface area contributed by atoms with Crippen molar-refractivity contribution in [1.29, 1.82) is 0 Å². The van der Waals surface area contributed by atoms with Crippen LogP contribution in [0.15, 0.2) is 71.6 Å². The molecule has 0 saturated carbocycles. The fraction of sp³-hybridized carbons (Fsp3) is 0.200. The highest BCUT2D eigenvalue weighted by atomic mass is 32.2. The molecule has 0 amide bonds. The van der Waals surface area contributed by atoms with Crippen molar-refractivity contribution in [1.82, 2.24) is 9.97 Å². The molecule has 0 radical (unpaired) electrons. The lowest BCUT2D eigenvalue weighted by molar-refractivity contribution is -0.145. The Kier molecular flexibility index (Phi) is 6.92. The summed E-state index contributed by atoms with van der Waals surface area (Å²) in [6.07, 6.45) is 0. The van der Waals surface area contributed by atoms with Gasteiger partial charge < -0.3 is 19.4 Å². The number of fused-ring (bicyclic) bond motifs is 1. The number of rotatable bonds is 9. The number of aromatic amines is 1. The van der Waals surface area contributed by atoms with Gasteiger partial charge in [-0.1, -0.05) is 12.1 Å². The third-order valence-electron chi connectivity index (χ3n) is 5.20. The number of sulfonamides is 1. The van der Waals surface area contributed by atoms with E-state index in [0.717, 1.165) is 16.7 Å². The van der Waals surface area contributed by atoms with E-state index in [2.05, 4.69) is 14.7 Å². The number of imidazole rings is 1. The molecule has 10 heteroatoms. The number of anilines is 2. The average molecular weight is 495 g/mol. The van der Waals surface area contributed by atoms with Crippen LogP contribution >= 0.6 is 0 Å². The smallest absolute Gasteiger partial charge is 0.344 e. The molecule has 9 nitrogen and oxygen atoms in total. The van der Waals surface area contributed by atoms with E-state index in [-0.39, 0.29) is 18.1 Å². The molecule has 2 N–H and O–H groups in total. The highest BCUT2D eigenvalue weighted by Crippen LogP contribution is 2.33. The first kappa shape index (κ1) is 24.1. The summed E-state index contributed by atoms with van der Waals surface area (Å²) in [6, 6.07) is 18.8. The largest absolute Gasteiger partial charge is 0.482 e. The molecule has 0 aliphatic rings. The molecule has 182 valence electrons. The van der Waals surface area contributed by atoms with Gasteiger partial charge in [-0.05, 0) is 61.5 Å². The molecule has 0 spiro atoms. The van der Waals surface area contributed by atoms with Crippen molar-refractivity contribution in [3.05, 3.63) is 66.7 Å². The van der Waals surface area contributed by atoms with Crippen LogP contribution in [0.1, 0.15) is 6.92 Å². The zero-order valence-corrected chi connectivity index (χ0v) is 20.4. The summed E-state index contributed by atoms with van der Waals surface area (Å²) in [4.78, 5) is 21.3. The molecule has 0 atom stereocenters. The van der Waals surface area contributed by atoms with Crippen LogP contribution in [0.2, 0.25) is 0 Å². The topological polar surface area (TPSA) is 114 Å². The summed E-state index contributed by atoms with van der Waals surface area (Å²) >= 11 is 0. The SMILES string of the molecule is CCOC(=O)COc1ccc(S(=O)(=O)Nc2ccc(N(C)C)cc2-c2nc3ccccc3[nH]2)cc1.